The zero-order valence-corrected chi connectivity index (χ0v) is 12.4. The number of para-hydroxylation sites is 1. The zero-order valence-electron chi connectivity index (χ0n) is 12.4. The van der Waals surface area contributed by atoms with Crippen LogP contribution in [0, 0.1) is 0 Å². The summed E-state index contributed by atoms with van der Waals surface area (Å²) >= 11 is 0. The van der Waals surface area contributed by atoms with Crippen molar-refractivity contribution in [1.29, 1.82) is 0 Å². The summed E-state index contributed by atoms with van der Waals surface area (Å²) in [4.78, 5) is 2.34. The number of nitrogens with zero attached hydrogens (tertiary/aromatic N) is 1. The highest BCUT2D eigenvalue weighted by Crippen LogP contribution is 2.23. The minimum Gasteiger partial charge on any atom is -0.490 e. The van der Waals surface area contributed by atoms with Gasteiger partial charge in [-0.1, -0.05) is 24.3 Å². The Labute approximate surface area is 126 Å². The first-order valence-corrected chi connectivity index (χ1v) is 7.42. The fourth-order valence-electron chi connectivity index (χ4n) is 2.60. The summed E-state index contributed by atoms with van der Waals surface area (Å²) in [5.41, 5.74) is 2.83. The molecule has 0 amide bonds. The molecule has 3 rings (SSSR count). The van der Waals surface area contributed by atoms with Gasteiger partial charge >= 0.3 is 0 Å². The van der Waals surface area contributed by atoms with E-state index in [2.05, 4.69) is 30.1 Å². The van der Waals surface area contributed by atoms with Crippen molar-refractivity contribution in [3.05, 3.63) is 59.7 Å². The normalized spacial score (nSPS) is 14.5. The minimum atomic E-state index is 0.559. The molecule has 2 aromatic rings. The van der Waals surface area contributed by atoms with Gasteiger partial charge in [-0.05, 0) is 48.9 Å². The largest absolute Gasteiger partial charge is 0.490 e. The maximum absolute atomic E-state index is 5.78. The minimum absolute atomic E-state index is 0.559. The number of hydrogen-bond donors (Lipinski definition) is 0. The van der Waals surface area contributed by atoms with Crippen molar-refractivity contribution in [2.75, 3.05) is 26.8 Å². The lowest BCUT2D eigenvalue weighted by molar-refractivity contribution is 0.216. The second-order valence-corrected chi connectivity index (χ2v) is 5.43. The summed E-state index contributed by atoms with van der Waals surface area (Å²) in [6.45, 7) is 3.28. The Kier molecular flexibility index (Phi) is 4.41. The van der Waals surface area contributed by atoms with Gasteiger partial charge in [0, 0.05) is 13.1 Å². The molecule has 0 atom stereocenters. The van der Waals surface area contributed by atoms with Crippen molar-refractivity contribution in [2.45, 2.75) is 13.0 Å². The molecule has 1 aliphatic heterocycles. The molecule has 0 saturated heterocycles. The van der Waals surface area contributed by atoms with E-state index in [-0.39, 0.29) is 0 Å². The van der Waals surface area contributed by atoms with E-state index >= 15 is 0 Å². The van der Waals surface area contributed by atoms with Crippen molar-refractivity contribution in [1.82, 2.24) is 4.90 Å². The number of likely N-dealkylation sites (N-methyl/N-ethyl adjacent to an activating group) is 1. The second kappa shape index (κ2) is 6.64. The van der Waals surface area contributed by atoms with Gasteiger partial charge in [0.2, 0.25) is 0 Å². The summed E-state index contributed by atoms with van der Waals surface area (Å²) in [7, 11) is 2.16. The third-order valence-electron chi connectivity index (χ3n) is 3.74. The molecule has 0 aromatic heterocycles. The van der Waals surface area contributed by atoms with Gasteiger partial charge in [-0.15, -0.1) is 0 Å². The van der Waals surface area contributed by atoms with Gasteiger partial charge in [0.05, 0.1) is 0 Å². The van der Waals surface area contributed by atoms with E-state index in [4.69, 9.17) is 9.47 Å². The van der Waals surface area contributed by atoms with Crippen LogP contribution in [-0.4, -0.2) is 31.7 Å². The predicted molar refractivity (Wildman–Crippen MR) is 83.9 cm³/mol. The van der Waals surface area contributed by atoms with Gasteiger partial charge in [-0.25, -0.2) is 0 Å². The molecule has 0 saturated carbocycles. The molecule has 1 heterocycles. The molecule has 0 bridgehead atoms. The summed E-state index contributed by atoms with van der Waals surface area (Å²) in [5.74, 6) is 1.82. The van der Waals surface area contributed by atoms with Crippen LogP contribution < -0.4 is 9.47 Å². The number of benzene rings is 2. The number of ether oxygens (including phenoxy) is 2. The van der Waals surface area contributed by atoms with Crippen LogP contribution in [0.3, 0.4) is 0 Å². The van der Waals surface area contributed by atoms with Crippen molar-refractivity contribution in [3.63, 3.8) is 0 Å². The maximum Gasteiger partial charge on any atom is 0.122 e. The average Bonchev–Trinajstić information content (AvgIpc) is 2.52. The highest BCUT2D eigenvalue weighted by atomic mass is 16.5. The van der Waals surface area contributed by atoms with E-state index in [9.17, 15) is 0 Å². The summed E-state index contributed by atoms with van der Waals surface area (Å²) in [5, 5.41) is 0. The Morgan fingerprint density at radius 1 is 0.905 bits per heavy atom. The molecule has 3 heteroatoms. The van der Waals surface area contributed by atoms with Crippen LogP contribution in [0.5, 0.6) is 11.5 Å². The highest BCUT2D eigenvalue weighted by Gasteiger charge is 2.13. The molecular formula is C18H21NO2. The fourth-order valence-corrected chi connectivity index (χ4v) is 2.60. The van der Waals surface area contributed by atoms with Gasteiger partial charge in [-0.3, -0.25) is 0 Å². The highest BCUT2D eigenvalue weighted by molar-refractivity contribution is 5.37. The standard InChI is InChI=1S/C18H21NO2/c1-19-10-9-15-13-18(8-7-16(15)14-19)21-12-11-20-17-5-3-2-4-6-17/h2-8,13H,9-12,14H2,1H3. The van der Waals surface area contributed by atoms with E-state index < -0.39 is 0 Å². The van der Waals surface area contributed by atoms with Gasteiger partial charge in [-0.2, -0.15) is 0 Å². The third kappa shape index (κ3) is 3.76. The number of fused-ring (bicyclic) bond motifs is 1. The van der Waals surface area contributed by atoms with Gasteiger partial charge < -0.3 is 14.4 Å². The van der Waals surface area contributed by atoms with Crippen molar-refractivity contribution in [3.8, 4) is 11.5 Å². The van der Waals surface area contributed by atoms with Crippen LogP contribution in [0.1, 0.15) is 11.1 Å². The molecule has 110 valence electrons. The SMILES string of the molecule is CN1CCc2cc(OCCOc3ccccc3)ccc2C1. The molecule has 0 fully saturated rings. The van der Waals surface area contributed by atoms with Crippen LogP contribution >= 0.6 is 0 Å². The quantitative estimate of drug-likeness (QED) is 0.787. The summed E-state index contributed by atoms with van der Waals surface area (Å²) in [6.07, 6.45) is 1.10. The van der Waals surface area contributed by atoms with E-state index in [0.717, 1.165) is 31.0 Å². The van der Waals surface area contributed by atoms with Gasteiger partial charge in [0.1, 0.15) is 24.7 Å². The molecule has 2 aromatic carbocycles. The average molecular weight is 283 g/mol. The number of rotatable bonds is 5. The lowest BCUT2D eigenvalue weighted by Gasteiger charge is -2.25. The first-order valence-electron chi connectivity index (χ1n) is 7.42. The first kappa shape index (κ1) is 14.0. The zero-order chi connectivity index (χ0) is 14.5. The second-order valence-electron chi connectivity index (χ2n) is 5.43. The third-order valence-corrected chi connectivity index (χ3v) is 3.74. The molecule has 0 spiro atoms. The smallest absolute Gasteiger partial charge is 0.122 e. The Balaban J connectivity index is 1.50. The molecule has 0 aliphatic carbocycles. The van der Waals surface area contributed by atoms with Gasteiger partial charge in [0.25, 0.3) is 0 Å². The molecule has 0 unspecified atom stereocenters. The molecule has 1 aliphatic rings. The van der Waals surface area contributed by atoms with Crippen LogP contribution in [0.25, 0.3) is 0 Å². The Morgan fingerprint density at radius 3 is 2.48 bits per heavy atom. The van der Waals surface area contributed by atoms with E-state index in [1.807, 2.05) is 30.3 Å². The molecule has 21 heavy (non-hydrogen) atoms. The van der Waals surface area contributed by atoms with Crippen molar-refractivity contribution >= 4 is 0 Å². The molecule has 3 nitrogen and oxygen atoms in total. The molecular weight excluding hydrogens is 262 g/mol. The lowest BCUT2D eigenvalue weighted by Crippen LogP contribution is -2.26. The van der Waals surface area contributed by atoms with Crippen LogP contribution in [0.4, 0.5) is 0 Å². The van der Waals surface area contributed by atoms with E-state index in [1.165, 1.54) is 11.1 Å². The monoisotopic (exact) mass is 283 g/mol. The topological polar surface area (TPSA) is 21.7 Å². The van der Waals surface area contributed by atoms with Crippen LogP contribution in [0.15, 0.2) is 48.5 Å². The molecule has 0 N–H and O–H groups in total. The first-order chi connectivity index (χ1) is 10.3. The van der Waals surface area contributed by atoms with Gasteiger partial charge in [0.15, 0.2) is 0 Å². The van der Waals surface area contributed by atoms with E-state index in [0.29, 0.717) is 13.2 Å². The van der Waals surface area contributed by atoms with Crippen LogP contribution in [0.2, 0.25) is 0 Å². The van der Waals surface area contributed by atoms with Crippen molar-refractivity contribution in [2.24, 2.45) is 0 Å². The van der Waals surface area contributed by atoms with Crippen LogP contribution in [-0.2, 0) is 13.0 Å². The molecule has 0 radical (unpaired) electrons. The Hall–Kier alpha value is -2.00. The fraction of sp³-hybridized carbons (Fsp3) is 0.333. The predicted octanol–water partition coefficient (Wildman–Crippen LogP) is 3.13. The maximum atomic E-state index is 5.78. The number of hydrogen-bond acceptors (Lipinski definition) is 3. The lowest BCUT2D eigenvalue weighted by atomic mass is 10.00. The Morgan fingerprint density at radius 2 is 1.67 bits per heavy atom. The van der Waals surface area contributed by atoms with E-state index in [1.54, 1.807) is 0 Å². The Bertz CT molecular complexity index is 583. The van der Waals surface area contributed by atoms with Crippen molar-refractivity contribution < 1.29 is 9.47 Å². The summed E-state index contributed by atoms with van der Waals surface area (Å²) < 4.78 is 11.4. The summed E-state index contributed by atoms with van der Waals surface area (Å²) in [6, 6.07) is 16.2.